The Morgan fingerprint density at radius 2 is 1.76 bits per heavy atom. The number of nitrogens with one attached hydrogen (secondary N) is 1. The van der Waals surface area contributed by atoms with Crippen molar-refractivity contribution in [3.63, 3.8) is 0 Å². The van der Waals surface area contributed by atoms with Gasteiger partial charge in [0.25, 0.3) is 0 Å². The Bertz CT molecular complexity index is 787. The maximum Gasteiger partial charge on any atom is 0.343 e. The maximum absolute atomic E-state index is 12.2. The molecule has 3 N–H and O–H groups in total. The van der Waals surface area contributed by atoms with E-state index >= 15 is 0 Å². The normalized spacial score (nSPS) is 10.3. The highest BCUT2D eigenvalue weighted by Crippen LogP contribution is 2.28. The fourth-order valence-corrected chi connectivity index (χ4v) is 1.91. The van der Waals surface area contributed by atoms with Crippen LogP contribution in [0.15, 0.2) is 47.6 Å². The molecule has 0 fully saturated rings. The van der Waals surface area contributed by atoms with Crippen molar-refractivity contribution in [1.29, 1.82) is 0 Å². The van der Waals surface area contributed by atoms with Crippen molar-refractivity contribution in [3.05, 3.63) is 53.6 Å². The number of rotatable bonds is 6. The molecule has 0 heterocycles. The molecular formula is C17H17N3O5. The number of ether oxygens (including phenoxy) is 3. The minimum atomic E-state index is -0.770. The van der Waals surface area contributed by atoms with Crippen molar-refractivity contribution in [2.24, 2.45) is 10.8 Å². The van der Waals surface area contributed by atoms with Crippen LogP contribution in [0.3, 0.4) is 0 Å². The molecule has 2 aromatic carbocycles. The summed E-state index contributed by atoms with van der Waals surface area (Å²) in [5.41, 5.74) is 7.99. The largest absolute Gasteiger partial charge is 0.497 e. The number of esters is 1. The first-order valence-corrected chi connectivity index (χ1v) is 7.16. The third kappa shape index (κ3) is 4.96. The molecule has 8 nitrogen and oxygen atoms in total. The van der Waals surface area contributed by atoms with E-state index in [-0.39, 0.29) is 5.75 Å². The second-order valence-corrected chi connectivity index (χ2v) is 4.76. The van der Waals surface area contributed by atoms with Crippen molar-refractivity contribution < 1.29 is 23.8 Å². The summed E-state index contributed by atoms with van der Waals surface area (Å²) >= 11 is 0. The Kier molecular flexibility index (Phi) is 5.94. The average molecular weight is 343 g/mol. The predicted octanol–water partition coefficient (Wildman–Crippen LogP) is 1.93. The number of primary amides is 1. The van der Waals surface area contributed by atoms with Crippen LogP contribution in [0.1, 0.15) is 15.9 Å². The van der Waals surface area contributed by atoms with E-state index in [1.54, 1.807) is 49.6 Å². The van der Waals surface area contributed by atoms with Gasteiger partial charge in [0.15, 0.2) is 11.5 Å². The van der Waals surface area contributed by atoms with Crippen LogP contribution in [0.25, 0.3) is 0 Å². The molecule has 2 rings (SSSR count). The Morgan fingerprint density at radius 3 is 2.36 bits per heavy atom. The monoisotopic (exact) mass is 343 g/mol. The van der Waals surface area contributed by atoms with E-state index in [2.05, 4.69) is 10.5 Å². The smallest absolute Gasteiger partial charge is 0.343 e. The zero-order valence-electron chi connectivity index (χ0n) is 13.7. The number of hydrogen-bond acceptors (Lipinski definition) is 6. The zero-order valence-corrected chi connectivity index (χ0v) is 13.7. The number of hydrazone groups is 1. The number of urea groups is 1. The van der Waals surface area contributed by atoms with E-state index in [1.165, 1.54) is 13.3 Å². The van der Waals surface area contributed by atoms with Crippen LogP contribution in [0.2, 0.25) is 0 Å². The molecule has 130 valence electrons. The minimum Gasteiger partial charge on any atom is -0.497 e. The van der Waals surface area contributed by atoms with Gasteiger partial charge in [0.1, 0.15) is 5.75 Å². The van der Waals surface area contributed by atoms with Crippen molar-refractivity contribution in [1.82, 2.24) is 5.43 Å². The molecule has 2 aromatic rings. The standard InChI is InChI=1S/C17H17N3O5/c1-23-13-6-4-12(5-7-13)16(21)25-14-8-3-11(9-15(14)24-2)10-19-20-17(18)22/h3-10H,1-2H3,(H3,18,20,22)/b19-10-. The molecular weight excluding hydrogens is 326 g/mol. The van der Waals surface area contributed by atoms with Crippen molar-refractivity contribution in [2.75, 3.05) is 14.2 Å². The number of carbonyl (C=O) groups excluding carboxylic acids is 2. The Hall–Kier alpha value is -3.55. The third-order valence-corrected chi connectivity index (χ3v) is 3.10. The summed E-state index contributed by atoms with van der Waals surface area (Å²) in [6.45, 7) is 0. The molecule has 0 saturated heterocycles. The number of nitrogens with two attached hydrogens (primary N) is 1. The van der Waals surface area contributed by atoms with E-state index in [1.807, 2.05) is 0 Å². The van der Waals surface area contributed by atoms with Gasteiger partial charge in [0.05, 0.1) is 26.0 Å². The zero-order chi connectivity index (χ0) is 18.2. The summed E-state index contributed by atoms with van der Waals surface area (Å²) in [5.74, 6) is 0.702. The van der Waals surface area contributed by atoms with Crippen molar-refractivity contribution in [3.8, 4) is 17.2 Å². The van der Waals surface area contributed by atoms with Gasteiger partial charge in [-0.1, -0.05) is 0 Å². The SMILES string of the molecule is COc1ccc(C(=O)Oc2ccc(/C=N\NC(N)=O)cc2OC)cc1. The molecule has 0 aliphatic heterocycles. The molecule has 0 atom stereocenters. The predicted molar refractivity (Wildman–Crippen MR) is 91.3 cm³/mol. The van der Waals surface area contributed by atoms with E-state index < -0.39 is 12.0 Å². The van der Waals surface area contributed by atoms with E-state index in [4.69, 9.17) is 19.9 Å². The van der Waals surface area contributed by atoms with Crippen LogP contribution < -0.4 is 25.4 Å². The van der Waals surface area contributed by atoms with Gasteiger partial charge < -0.3 is 19.9 Å². The summed E-state index contributed by atoms with van der Waals surface area (Å²) in [6.07, 6.45) is 1.38. The molecule has 2 amide bonds. The first-order chi connectivity index (χ1) is 12.0. The van der Waals surface area contributed by atoms with Crippen LogP contribution in [-0.2, 0) is 0 Å². The number of hydrogen-bond donors (Lipinski definition) is 2. The van der Waals surface area contributed by atoms with Crippen molar-refractivity contribution >= 4 is 18.2 Å². The molecule has 25 heavy (non-hydrogen) atoms. The summed E-state index contributed by atoms with van der Waals surface area (Å²) in [4.78, 5) is 22.8. The second-order valence-electron chi connectivity index (χ2n) is 4.76. The van der Waals surface area contributed by atoms with Gasteiger partial charge in [-0.25, -0.2) is 15.0 Å². The van der Waals surface area contributed by atoms with Gasteiger partial charge in [0.2, 0.25) is 0 Å². The van der Waals surface area contributed by atoms with Gasteiger partial charge in [-0.15, -0.1) is 0 Å². The third-order valence-electron chi connectivity index (χ3n) is 3.10. The van der Waals surface area contributed by atoms with Gasteiger partial charge in [-0.05, 0) is 48.0 Å². The van der Waals surface area contributed by atoms with Crippen LogP contribution in [-0.4, -0.2) is 32.4 Å². The van der Waals surface area contributed by atoms with E-state index in [0.717, 1.165) is 0 Å². The molecule has 0 unspecified atom stereocenters. The van der Waals surface area contributed by atoms with Crippen molar-refractivity contribution in [2.45, 2.75) is 0 Å². The summed E-state index contributed by atoms with van der Waals surface area (Å²) in [5, 5.41) is 3.65. The molecule has 0 bridgehead atoms. The fraction of sp³-hybridized carbons (Fsp3) is 0.118. The Balaban J connectivity index is 2.13. The molecule has 0 spiro atoms. The van der Waals surface area contributed by atoms with Gasteiger partial charge in [-0.3, -0.25) is 0 Å². The molecule has 8 heteroatoms. The molecule has 0 aliphatic carbocycles. The average Bonchev–Trinajstić information content (AvgIpc) is 2.62. The number of amides is 2. The lowest BCUT2D eigenvalue weighted by Gasteiger charge is -2.10. The first-order valence-electron chi connectivity index (χ1n) is 7.16. The highest BCUT2D eigenvalue weighted by Gasteiger charge is 2.13. The van der Waals surface area contributed by atoms with Gasteiger partial charge >= 0.3 is 12.0 Å². The highest BCUT2D eigenvalue weighted by molar-refractivity contribution is 5.91. The van der Waals surface area contributed by atoms with Crippen LogP contribution >= 0.6 is 0 Å². The topological polar surface area (TPSA) is 112 Å². The lowest BCUT2D eigenvalue weighted by Crippen LogP contribution is -2.24. The second kappa shape index (κ2) is 8.34. The lowest BCUT2D eigenvalue weighted by atomic mass is 10.2. The van der Waals surface area contributed by atoms with E-state index in [9.17, 15) is 9.59 Å². The number of methoxy groups -OCH3 is 2. The summed E-state index contributed by atoms with van der Waals surface area (Å²) < 4.78 is 15.6. The quantitative estimate of drug-likeness (QED) is 0.360. The van der Waals surface area contributed by atoms with E-state index in [0.29, 0.717) is 22.6 Å². The van der Waals surface area contributed by atoms with Gasteiger partial charge in [0, 0.05) is 0 Å². The highest BCUT2D eigenvalue weighted by atomic mass is 16.6. The molecule has 0 saturated carbocycles. The minimum absolute atomic E-state index is 0.253. The fourth-order valence-electron chi connectivity index (χ4n) is 1.91. The van der Waals surface area contributed by atoms with Gasteiger partial charge in [-0.2, -0.15) is 5.10 Å². The molecule has 0 aromatic heterocycles. The van der Waals surface area contributed by atoms with Crippen LogP contribution in [0.4, 0.5) is 4.79 Å². The molecule has 0 radical (unpaired) electrons. The maximum atomic E-state index is 12.2. The Labute approximate surface area is 144 Å². The number of benzene rings is 2. The number of carbonyl (C=O) groups is 2. The Morgan fingerprint density at radius 1 is 1.04 bits per heavy atom. The first kappa shape index (κ1) is 17.8. The summed E-state index contributed by atoms with van der Waals surface area (Å²) in [7, 11) is 2.99. The number of nitrogens with zero attached hydrogens (tertiary/aromatic N) is 1. The van der Waals surface area contributed by atoms with Crippen LogP contribution in [0.5, 0.6) is 17.2 Å². The van der Waals surface area contributed by atoms with Crippen LogP contribution in [0, 0.1) is 0 Å². The molecule has 0 aliphatic rings. The summed E-state index contributed by atoms with van der Waals surface area (Å²) in [6, 6.07) is 10.6. The lowest BCUT2D eigenvalue weighted by molar-refractivity contribution is 0.0729.